The molecule has 0 unspecified atom stereocenters. The van der Waals surface area contributed by atoms with Gasteiger partial charge in [0.2, 0.25) is 0 Å². The van der Waals surface area contributed by atoms with Crippen LogP contribution in [0.4, 0.5) is 0 Å². The summed E-state index contributed by atoms with van der Waals surface area (Å²) in [7, 11) is 0. The Labute approximate surface area is 206 Å². The van der Waals surface area contributed by atoms with Gasteiger partial charge in [-0.25, -0.2) is 4.79 Å². The van der Waals surface area contributed by atoms with Crippen LogP contribution in [0.5, 0.6) is 0 Å². The highest BCUT2D eigenvalue weighted by molar-refractivity contribution is 5.96. The third-order valence-electron chi connectivity index (χ3n) is 6.18. The molecule has 7 heteroatoms. The number of carbonyl (C=O) groups excluding carboxylic acids is 2. The molecule has 178 valence electrons. The molecule has 0 aliphatic carbocycles. The first-order chi connectivity index (χ1) is 17.5. The fourth-order valence-corrected chi connectivity index (χ4v) is 4.28. The molecular formula is C29H23N3O4. The number of rotatable bonds is 7. The van der Waals surface area contributed by atoms with E-state index in [1.54, 1.807) is 36.4 Å². The van der Waals surface area contributed by atoms with Crippen molar-refractivity contribution in [3.8, 4) is 0 Å². The quantitative estimate of drug-likeness (QED) is 0.277. The molecule has 0 aliphatic heterocycles. The van der Waals surface area contributed by atoms with Crippen LogP contribution in [0.15, 0.2) is 101 Å². The zero-order valence-corrected chi connectivity index (χ0v) is 19.3. The second-order valence-corrected chi connectivity index (χ2v) is 8.67. The lowest BCUT2D eigenvalue weighted by molar-refractivity contribution is -0.109. The van der Waals surface area contributed by atoms with E-state index in [0.717, 1.165) is 27.2 Å². The molecule has 36 heavy (non-hydrogen) atoms. The van der Waals surface area contributed by atoms with Crippen LogP contribution in [0.3, 0.4) is 0 Å². The molecule has 0 spiro atoms. The van der Waals surface area contributed by atoms with Crippen molar-refractivity contribution >= 4 is 33.9 Å². The molecule has 0 aliphatic rings. The number of aromatic nitrogens is 2. The topological polar surface area (TPSA) is 101 Å². The van der Waals surface area contributed by atoms with Gasteiger partial charge in [0, 0.05) is 5.56 Å². The van der Waals surface area contributed by atoms with Gasteiger partial charge in [0.05, 0.1) is 23.5 Å². The van der Waals surface area contributed by atoms with Crippen molar-refractivity contribution in [1.29, 1.82) is 0 Å². The van der Waals surface area contributed by atoms with E-state index < -0.39 is 11.7 Å². The summed E-state index contributed by atoms with van der Waals surface area (Å²) in [5.41, 5.74) is 1.63. The Morgan fingerprint density at radius 3 is 2.22 bits per heavy atom. The lowest BCUT2D eigenvalue weighted by atomic mass is 10.1. The van der Waals surface area contributed by atoms with Crippen LogP contribution in [0.25, 0.3) is 21.7 Å². The van der Waals surface area contributed by atoms with E-state index in [2.05, 4.69) is 10.3 Å². The SMILES string of the molecule is O=C[C@H](Cc1ccccc1)NC(=O)c1ccc(Cn2c(=O)[nH]c3cc4ccccc4cc3c2=O)cc1. The number of nitrogens with zero attached hydrogens (tertiary/aromatic N) is 1. The van der Waals surface area contributed by atoms with Crippen molar-refractivity contribution in [1.82, 2.24) is 14.9 Å². The Bertz CT molecular complexity index is 1690. The van der Waals surface area contributed by atoms with Crippen molar-refractivity contribution in [2.24, 2.45) is 0 Å². The van der Waals surface area contributed by atoms with Crippen LogP contribution in [-0.2, 0) is 17.8 Å². The predicted molar refractivity (Wildman–Crippen MR) is 139 cm³/mol. The first kappa shape index (κ1) is 23.0. The maximum atomic E-state index is 13.1. The van der Waals surface area contributed by atoms with E-state index in [0.29, 0.717) is 28.5 Å². The molecule has 7 nitrogen and oxygen atoms in total. The Morgan fingerprint density at radius 2 is 1.53 bits per heavy atom. The van der Waals surface area contributed by atoms with Crippen LogP contribution in [0, 0.1) is 0 Å². The minimum atomic E-state index is -0.648. The molecular weight excluding hydrogens is 454 g/mol. The molecule has 0 saturated heterocycles. The van der Waals surface area contributed by atoms with Gasteiger partial charge < -0.3 is 15.1 Å². The number of amides is 1. The van der Waals surface area contributed by atoms with E-state index >= 15 is 0 Å². The van der Waals surface area contributed by atoms with Crippen molar-refractivity contribution in [3.05, 3.63) is 129 Å². The number of nitrogens with one attached hydrogen (secondary N) is 2. The number of hydrogen-bond donors (Lipinski definition) is 2. The molecule has 2 N–H and O–H groups in total. The summed E-state index contributed by atoms with van der Waals surface area (Å²) >= 11 is 0. The summed E-state index contributed by atoms with van der Waals surface area (Å²) in [5.74, 6) is -0.373. The average molecular weight is 478 g/mol. The summed E-state index contributed by atoms with van der Waals surface area (Å²) in [4.78, 5) is 52.7. The standard InChI is InChI=1S/C29H23N3O4/c33-18-24(14-19-6-2-1-3-7-19)30-27(34)21-12-10-20(11-13-21)17-32-28(35)25-15-22-8-4-5-9-23(22)16-26(25)31-29(32)36/h1-13,15-16,18,24H,14,17H2,(H,30,34)(H,31,36)/t24-/m0/s1. The first-order valence-electron chi connectivity index (χ1n) is 11.6. The molecule has 0 fully saturated rings. The van der Waals surface area contributed by atoms with Gasteiger partial charge in [-0.2, -0.15) is 0 Å². The van der Waals surface area contributed by atoms with E-state index in [9.17, 15) is 19.2 Å². The van der Waals surface area contributed by atoms with Crippen LogP contribution in [0.1, 0.15) is 21.5 Å². The van der Waals surface area contributed by atoms with Gasteiger partial charge in [-0.15, -0.1) is 0 Å². The smallest absolute Gasteiger partial charge is 0.329 e. The highest BCUT2D eigenvalue weighted by Crippen LogP contribution is 2.18. The molecule has 1 amide bonds. The third kappa shape index (κ3) is 4.72. The number of aromatic amines is 1. The normalized spacial score (nSPS) is 11.9. The van der Waals surface area contributed by atoms with Gasteiger partial charge in [-0.05, 0) is 52.6 Å². The zero-order valence-electron chi connectivity index (χ0n) is 19.3. The first-order valence-corrected chi connectivity index (χ1v) is 11.6. The maximum absolute atomic E-state index is 13.1. The summed E-state index contributed by atoms with van der Waals surface area (Å²) in [6, 6.07) is 26.6. The van der Waals surface area contributed by atoms with Crippen LogP contribution in [0.2, 0.25) is 0 Å². The highest BCUT2D eigenvalue weighted by Gasteiger charge is 2.14. The second kappa shape index (κ2) is 9.84. The van der Waals surface area contributed by atoms with Crippen LogP contribution >= 0.6 is 0 Å². The number of aldehydes is 1. The third-order valence-corrected chi connectivity index (χ3v) is 6.18. The summed E-state index contributed by atoms with van der Waals surface area (Å²) in [5, 5.41) is 5.02. The van der Waals surface area contributed by atoms with E-state index in [1.807, 2.05) is 54.6 Å². The van der Waals surface area contributed by atoms with E-state index in [1.165, 1.54) is 0 Å². The monoisotopic (exact) mass is 477 g/mol. The molecule has 0 radical (unpaired) electrons. The second-order valence-electron chi connectivity index (χ2n) is 8.67. The molecule has 4 aromatic carbocycles. The summed E-state index contributed by atoms with van der Waals surface area (Å²) < 4.78 is 1.15. The molecule has 1 atom stereocenters. The molecule has 0 saturated carbocycles. The summed E-state index contributed by atoms with van der Waals surface area (Å²) in [6.45, 7) is 0.0593. The lowest BCUT2D eigenvalue weighted by Gasteiger charge is -2.13. The lowest BCUT2D eigenvalue weighted by Crippen LogP contribution is -2.37. The Morgan fingerprint density at radius 1 is 0.861 bits per heavy atom. The maximum Gasteiger partial charge on any atom is 0.329 e. The zero-order chi connectivity index (χ0) is 25.1. The fourth-order valence-electron chi connectivity index (χ4n) is 4.28. The largest absolute Gasteiger partial charge is 0.342 e. The molecule has 5 rings (SSSR count). The Balaban J connectivity index is 1.35. The highest BCUT2D eigenvalue weighted by atomic mass is 16.2. The van der Waals surface area contributed by atoms with Gasteiger partial charge in [0.25, 0.3) is 11.5 Å². The van der Waals surface area contributed by atoms with Crippen molar-refractivity contribution in [3.63, 3.8) is 0 Å². The predicted octanol–water partition coefficient (Wildman–Crippen LogP) is 3.43. The number of benzene rings is 4. The summed E-state index contributed by atoms with van der Waals surface area (Å²) in [6.07, 6.45) is 1.12. The van der Waals surface area contributed by atoms with Gasteiger partial charge in [0.15, 0.2) is 0 Å². The van der Waals surface area contributed by atoms with Gasteiger partial charge in [0.1, 0.15) is 6.29 Å². The average Bonchev–Trinajstić information content (AvgIpc) is 2.90. The molecule has 1 heterocycles. The van der Waals surface area contributed by atoms with Crippen molar-refractivity contribution in [2.75, 3.05) is 0 Å². The number of carbonyl (C=O) groups is 2. The molecule has 5 aromatic rings. The molecule has 0 bridgehead atoms. The minimum Gasteiger partial charge on any atom is -0.342 e. The molecule has 1 aromatic heterocycles. The Hall–Kier alpha value is -4.78. The number of H-pyrrole nitrogens is 1. The van der Waals surface area contributed by atoms with E-state index in [-0.39, 0.29) is 18.0 Å². The van der Waals surface area contributed by atoms with E-state index in [4.69, 9.17) is 0 Å². The van der Waals surface area contributed by atoms with Crippen molar-refractivity contribution in [2.45, 2.75) is 19.0 Å². The minimum absolute atomic E-state index is 0.0593. The number of fused-ring (bicyclic) bond motifs is 2. The van der Waals surface area contributed by atoms with Crippen molar-refractivity contribution < 1.29 is 9.59 Å². The number of hydrogen-bond acceptors (Lipinski definition) is 4. The Kier molecular flexibility index (Phi) is 6.28. The van der Waals surface area contributed by atoms with Gasteiger partial charge in [-0.1, -0.05) is 66.7 Å². The van der Waals surface area contributed by atoms with Crippen LogP contribution in [-0.4, -0.2) is 27.8 Å². The van der Waals surface area contributed by atoms with Gasteiger partial charge >= 0.3 is 5.69 Å². The van der Waals surface area contributed by atoms with Crippen LogP contribution < -0.4 is 16.6 Å². The fraction of sp³-hybridized carbons (Fsp3) is 0.103. The van der Waals surface area contributed by atoms with Gasteiger partial charge in [-0.3, -0.25) is 14.2 Å².